The first kappa shape index (κ1) is 13.4. The van der Waals surface area contributed by atoms with Gasteiger partial charge in [0.15, 0.2) is 0 Å². The lowest BCUT2D eigenvalue weighted by Gasteiger charge is -2.25. The van der Waals surface area contributed by atoms with E-state index in [1.165, 1.54) is 12.8 Å². The van der Waals surface area contributed by atoms with Gasteiger partial charge >= 0.3 is 0 Å². The summed E-state index contributed by atoms with van der Waals surface area (Å²) in [5.74, 6) is 0. The fourth-order valence-corrected chi connectivity index (χ4v) is 2.74. The fraction of sp³-hybridized carbons (Fsp3) is 1.00. The van der Waals surface area contributed by atoms with E-state index in [2.05, 4.69) is 60.2 Å². The molecule has 1 unspecified atom stereocenters. The van der Waals surface area contributed by atoms with Gasteiger partial charge in [0.25, 0.3) is 0 Å². The lowest BCUT2D eigenvalue weighted by atomic mass is 9.90. The van der Waals surface area contributed by atoms with Crippen molar-refractivity contribution in [3.05, 3.63) is 0 Å². The molecule has 0 bridgehead atoms. The highest BCUT2D eigenvalue weighted by Crippen LogP contribution is 2.32. The standard InChI is InChI=1S/C12H26S/c1-10(13-12(5,6)7)8-9-11(2,3)4/h10H,8-9H2,1-7H3. The van der Waals surface area contributed by atoms with E-state index in [1.807, 2.05) is 0 Å². The predicted molar refractivity (Wildman–Crippen MR) is 65.5 cm³/mol. The van der Waals surface area contributed by atoms with Crippen LogP contribution in [0.25, 0.3) is 0 Å². The average Bonchev–Trinajstić information content (AvgIpc) is 1.78. The van der Waals surface area contributed by atoms with Gasteiger partial charge in [-0.1, -0.05) is 48.5 Å². The van der Waals surface area contributed by atoms with Crippen LogP contribution in [0.15, 0.2) is 0 Å². The molecule has 0 radical (unpaired) electrons. The summed E-state index contributed by atoms with van der Waals surface area (Å²) in [6.07, 6.45) is 2.67. The van der Waals surface area contributed by atoms with Crippen LogP contribution in [0, 0.1) is 5.41 Å². The molecule has 0 spiro atoms. The van der Waals surface area contributed by atoms with E-state index in [-0.39, 0.29) is 0 Å². The number of rotatable bonds is 3. The van der Waals surface area contributed by atoms with E-state index in [0.717, 1.165) is 5.25 Å². The summed E-state index contributed by atoms with van der Waals surface area (Å²) in [5.41, 5.74) is 0.493. The maximum Gasteiger partial charge on any atom is 0.00777 e. The molecular weight excluding hydrogens is 176 g/mol. The molecule has 80 valence electrons. The van der Waals surface area contributed by atoms with E-state index in [0.29, 0.717) is 10.2 Å². The van der Waals surface area contributed by atoms with E-state index in [9.17, 15) is 0 Å². The minimum Gasteiger partial charge on any atom is -0.153 e. The van der Waals surface area contributed by atoms with Crippen molar-refractivity contribution >= 4 is 11.8 Å². The zero-order valence-electron chi connectivity index (χ0n) is 10.4. The van der Waals surface area contributed by atoms with Gasteiger partial charge in [0.2, 0.25) is 0 Å². The van der Waals surface area contributed by atoms with Crippen molar-refractivity contribution in [1.82, 2.24) is 0 Å². The van der Waals surface area contributed by atoms with Crippen LogP contribution in [0.4, 0.5) is 0 Å². The molecule has 0 saturated heterocycles. The summed E-state index contributed by atoms with van der Waals surface area (Å²) in [6, 6.07) is 0. The fourth-order valence-electron chi connectivity index (χ4n) is 1.30. The Morgan fingerprint density at radius 1 is 1.00 bits per heavy atom. The van der Waals surface area contributed by atoms with Crippen molar-refractivity contribution in [2.24, 2.45) is 5.41 Å². The topological polar surface area (TPSA) is 0 Å². The quantitative estimate of drug-likeness (QED) is 0.637. The minimum absolute atomic E-state index is 0.414. The number of thioether (sulfide) groups is 1. The third-order valence-electron chi connectivity index (χ3n) is 1.86. The molecule has 0 aromatic carbocycles. The SMILES string of the molecule is CC(CCC(C)(C)C)SC(C)(C)C. The number of hydrogen-bond donors (Lipinski definition) is 0. The zero-order valence-corrected chi connectivity index (χ0v) is 11.2. The maximum atomic E-state index is 2.35. The molecule has 1 heteroatoms. The van der Waals surface area contributed by atoms with Crippen molar-refractivity contribution < 1.29 is 0 Å². The smallest absolute Gasteiger partial charge is 0.00777 e. The van der Waals surface area contributed by atoms with Gasteiger partial charge in [0.05, 0.1) is 0 Å². The second-order valence-corrected chi connectivity index (χ2v) is 8.41. The molecule has 0 fully saturated rings. The summed E-state index contributed by atoms with van der Waals surface area (Å²) < 4.78 is 0.414. The number of hydrogen-bond acceptors (Lipinski definition) is 1. The van der Waals surface area contributed by atoms with Crippen LogP contribution < -0.4 is 0 Å². The Labute approximate surface area is 88.9 Å². The van der Waals surface area contributed by atoms with Crippen LogP contribution in [0.3, 0.4) is 0 Å². The Morgan fingerprint density at radius 3 is 1.77 bits per heavy atom. The summed E-state index contributed by atoms with van der Waals surface area (Å²) in [5, 5.41) is 0.791. The molecule has 1 atom stereocenters. The molecule has 0 saturated carbocycles. The van der Waals surface area contributed by atoms with E-state index in [4.69, 9.17) is 0 Å². The van der Waals surface area contributed by atoms with Gasteiger partial charge in [0, 0.05) is 10.00 Å². The molecule has 0 N–H and O–H groups in total. The Morgan fingerprint density at radius 2 is 1.46 bits per heavy atom. The molecule has 0 heterocycles. The van der Waals surface area contributed by atoms with Gasteiger partial charge in [-0.15, -0.1) is 0 Å². The summed E-state index contributed by atoms with van der Waals surface area (Å²) in [7, 11) is 0. The highest BCUT2D eigenvalue weighted by atomic mass is 32.2. The molecule has 0 amide bonds. The van der Waals surface area contributed by atoms with Crippen LogP contribution in [0.2, 0.25) is 0 Å². The van der Waals surface area contributed by atoms with Gasteiger partial charge in [0.1, 0.15) is 0 Å². The van der Waals surface area contributed by atoms with Crippen molar-refractivity contribution in [2.75, 3.05) is 0 Å². The second-order valence-electron chi connectivity index (χ2n) is 6.14. The van der Waals surface area contributed by atoms with E-state index < -0.39 is 0 Å². The normalized spacial score (nSPS) is 15.9. The maximum absolute atomic E-state index is 2.35. The molecule has 0 aliphatic heterocycles. The molecule has 0 aliphatic carbocycles. The molecular formula is C12H26S. The first-order chi connectivity index (χ1) is 5.60. The molecule has 0 aliphatic rings. The van der Waals surface area contributed by atoms with Gasteiger partial charge < -0.3 is 0 Å². The lowest BCUT2D eigenvalue weighted by Crippen LogP contribution is -2.15. The van der Waals surface area contributed by atoms with E-state index in [1.54, 1.807) is 0 Å². The van der Waals surface area contributed by atoms with Crippen molar-refractivity contribution in [3.63, 3.8) is 0 Å². The van der Waals surface area contributed by atoms with Crippen LogP contribution >= 0.6 is 11.8 Å². The highest BCUT2D eigenvalue weighted by Gasteiger charge is 2.18. The van der Waals surface area contributed by atoms with Gasteiger partial charge in [-0.2, -0.15) is 11.8 Å². The Hall–Kier alpha value is 0.350. The molecule has 0 nitrogen and oxygen atoms in total. The van der Waals surface area contributed by atoms with Crippen molar-refractivity contribution in [3.8, 4) is 0 Å². The van der Waals surface area contributed by atoms with Gasteiger partial charge in [-0.3, -0.25) is 0 Å². The molecule has 0 aromatic rings. The monoisotopic (exact) mass is 202 g/mol. The minimum atomic E-state index is 0.414. The van der Waals surface area contributed by atoms with Crippen LogP contribution in [-0.4, -0.2) is 10.00 Å². The van der Waals surface area contributed by atoms with Gasteiger partial charge in [-0.25, -0.2) is 0 Å². The Bertz CT molecular complexity index is 136. The lowest BCUT2D eigenvalue weighted by molar-refractivity contribution is 0.365. The first-order valence-electron chi connectivity index (χ1n) is 5.28. The largest absolute Gasteiger partial charge is 0.153 e. The third kappa shape index (κ3) is 10.3. The first-order valence-corrected chi connectivity index (χ1v) is 6.16. The zero-order chi connectivity index (χ0) is 10.7. The van der Waals surface area contributed by atoms with Crippen LogP contribution in [-0.2, 0) is 0 Å². The second kappa shape index (κ2) is 4.72. The predicted octanol–water partition coefficient (Wildman–Crippen LogP) is 4.73. The van der Waals surface area contributed by atoms with Crippen LogP contribution in [0.5, 0.6) is 0 Å². The molecule has 13 heavy (non-hydrogen) atoms. The van der Waals surface area contributed by atoms with Crippen molar-refractivity contribution in [1.29, 1.82) is 0 Å². The van der Waals surface area contributed by atoms with E-state index >= 15 is 0 Å². The Kier molecular flexibility index (Phi) is 4.85. The average molecular weight is 202 g/mol. The summed E-state index contributed by atoms with van der Waals surface area (Å²) in [6.45, 7) is 16.2. The summed E-state index contributed by atoms with van der Waals surface area (Å²) >= 11 is 2.10. The van der Waals surface area contributed by atoms with Crippen LogP contribution in [0.1, 0.15) is 61.3 Å². The molecule has 0 aromatic heterocycles. The van der Waals surface area contributed by atoms with Gasteiger partial charge in [-0.05, 0) is 18.3 Å². The summed E-state index contributed by atoms with van der Waals surface area (Å²) in [4.78, 5) is 0. The Balaban J connectivity index is 3.70. The highest BCUT2D eigenvalue weighted by molar-refractivity contribution is 8.01. The molecule has 0 rings (SSSR count). The van der Waals surface area contributed by atoms with Crippen molar-refractivity contribution in [2.45, 2.75) is 71.3 Å². The third-order valence-corrected chi connectivity index (χ3v) is 3.20.